The van der Waals surface area contributed by atoms with Crippen molar-refractivity contribution in [3.63, 3.8) is 0 Å². The van der Waals surface area contributed by atoms with Gasteiger partial charge in [-0.15, -0.1) is 0 Å². The number of nitrogens with one attached hydrogen (secondary N) is 3. The molecule has 0 amide bonds. The second kappa shape index (κ2) is 8.49. The number of aromatic nitrogens is 4. The number of fused-ring (bicyclic) bond motifs is 2. The van der Waals surface area contributed by atoms with Gasteiger partial charge in [0.05, 0.1) is 35.1 Å². The first kappa shape index (κ1) is 23.6. The van der Waals surface area contributed by atoms with Crippen molar-refractivity contribution < 1.29 is 17.9 Å². The van der Waals surface area contributed by atoms with Crippen molar-refractivity contribution in [1.29, 1.82) is 0 Å². The van der Waals surface area contributed by atoms with E-state index in [1.807, 2.05) is 26.8 Å². The van der Waals surface area contributed by atoms with Gasteiger partial charge in [0, 0.05) is 40.3 Å². The summed E-state index contributed by atoms with van der Waals surface area (Å²) in [6.45, 7) is 5.56. The number of benzene rings is 2. The Morgan fingerprint density at radius 3 is 2.64 bits per heavy atom. The number of ether oxygens (including phenoxy) is 1. The number of H-pyrrole nitrogens is 2. The number of carbonyl (C=O) groups is 1. The van der Waals surface area contributed by atoms with Crippen LogP contribution in [0.25, 0.3) is 33.3 Å². The van der Waals surface area contributed by atoms with Crippen LogP contribution in [0.4, 0.5) is 5.69 Å². The van der Waals surface area contributed by atoms with Crippen LogP contribution in [-0.4, -0.2) is 41.2 Å². The van der Waals surface area contributed by atoms with Crippen molar-refractivity contribution in [3.05, 3.63) is 66.6 Å². The number of aromatic amines is 2. The molecule has 184 valence electrons. The molecule has 2 aromatic carbocycles. The second-order valence-corrected chi connectivity index (χ2v) is 11.2. The highest BCUT2D eigenvalue weighted by molar-refractivity contribution is 7.92. The highest BCUT2D eigenvalue weighted by atomic mass is 32.2. The Morgan fingerprint density at radius 2 is 1.89 bits per heavy atom. The molecule has 0 unspecified atom stereocenters. The van der Waals surface area contributed by atoms with Gasteiger partial charge in [0.2, 0.25) is 0 Å². The predicted molar refractivity (Wildman–Crippen MR) is 139 cm³/mol. The number of ketones is 1. The molecule has 0 saturated heterocycles. The van der Waals surface area contributed by atoms with Gasteiger partial charge in [-0.1, -0.05) is 26.8 Å². The average Bonchev–Trinajstić information content (AvgIpc) is 3.49. The van der Waals surface area contributed by atoms with Crippen LogP contribution in [0.5, 0.6) is 5.75 Å². The van der Waals surface area contributed by atoms with Crippen LogP contribution in [-0.2, 0) is 10.0 Å². The Balaban J connectivity index is 1.60. The van der Waals surface area contributed by atoms with Crippen LogP contribution in [0.1, 0.15) is 31.1 Å². The van der Waals surface area contributed by atoms with Crippen molar-refractivity contribution in [1.82, 2.24) is 19.9 Å². The third kappa shape index (κ3) is 4.20. The minimum Gasteiger partial charge on any atom is -0.497 e. The number of hydrogen-bond donors (Lipinski definition) is 3. The number of nitrogens with zero attached hydrogens (tertiary/aromatic N) is 2. The third-order valence-corrected chi connectivity index (χ3v) is 7.23. The number of carbonyl (C=O) groups excluding carboxylic acids is 1. The number of sulfonamides is 1. The first-order chi connectivity index (χ1) is 17.1. The molecule has 0 aliphatic carbocycles. The van der Waals surface area contributed by atoms with E-state index in [1.54, 1.807) is 42.9 Å². The van der Waals surface area contributed by atoms with Gasteiger partial charge in [0.1, 0.15) is 11.3 Å². The maximum Gasteiger partial charge on any atom is 0.262 e. The number of anilines is 1. The fourth-order valence-corrected chi connectivity index (χ4v) is 5.08. The van der Waals surface area contributed by atoms with Crippen molar-refractivity contribution in [2.45, 2.75) is 25.7 Å². The van der Waals surface area contributed by atoms with Gasteiger partial charge in [0.15, 0.2) is 11.4 Å². The van der Waals surface area contributed by atoms with Gasteiger partial charge in [0.25, 0.3) is 10.0 Å². The lowest BCUT2D eigenvalue weighted by Crippen LogP contribution is -2.20. The van der Waals surface area contributed by atoms with Gasteiger partial charge in [-0.05, 0) is 30.3 Å². The van der Waals surface area contributed by atoms with Crippen molar-refractivity contribution in [2.75, 3.05) is 11.8 Å². The number of hydrogen-bond acceptors (Lipinski definition) is 6. The van der Waals surface area contributed by atoms with Crippen LogP contribution in [0.15, 0.2) is 66.0 Å². The van der Waals surface area contributed by atoms with E-state index in [1.165, 1.54) is 19.2 Å². The molecule has 10 heteroatoms. The summed E-state index contributed by atoms with van der Waals surface area (Å²) < 4.78 is 34.2. The lowest BCUT2D eigenvalue weighted by Gasteiger charge is -2.15. The standard InChI is InChI=1S/C26H25N5O4S/c1-26(2,3)24(32)19-13-28-25-23(19)30-22(14-29-25)15-10-20-18(8-9-27-20)21(11-15)31-36(33,34)17-7-5-6-16(12-17)35-4/h5-14,27,31H,1-4H3,(H,28,29). The smallest absolute Gasteiger partial charge is 0.262 e. The number of Topliss-reactive ketones (excluding diaryl/α,β-unsaturated/α-hetero) is 1. The maximum atomic E-state index is 13.2. The molecule has 3 heterocycles. The Morgan fingerprint density at radius 1 is 1.08 bits per heavy atom. The average molecular weight is 504 g/mol. The lowest BCUT2D eigenvalue weighted by atomic mass is 9.87. The number of methoxy groups -OCH3 is 1. The summed E-state index contributed by atoms with van der Waals surface area (Å²) in [7, 11) is -2.42. The predicted octanol–water partition coefficient (Wildman–Crippen LogP) is 5.14. The van der Waals surface area contributed by atoms with Crippen molar-refractivity contribution in [3.8, 4) is 17.0 Å². The summed E-state index contributed by atoms with van der Waals surface area (Å²) in [6, 6.07) is 11.6. The summed E-state index contributed by atoms with van der Waals surface area (Å²) >= 11 is 0. The quantitative estimate of drug-likeness (QED) is 0.275. The highest BCUT2D eigenvalue weighted by Crippen LogP contribution is 2.33. The fourth-order valence-electron chi connectivity index (χ4n) is 3.98. The van der Waals surface area contributed by atoms with E-state index in [0.29, 0.717) is 44.8 Å². The summed E-state index contributed by atoms with van der Waals surface area (Å²) in [5, 5.41) is 0.699. The molecule has 3 N–H and O–H groups in total. The van der Waals surface area contributed by atoms with E-state index in [-0.39, 0.29) is 10.7 Å². The summed E-state index contributed by atoms with van der Waals surface area (Å²) in [4.78, 5) is 28.3. The second-order valence-electron chi connectivity index (χ2n) is 9.48. The molecule has 0 bridgehead atoms. The van der Waals surface area contributed by atoms with E-state index in [0.717, 1.165) is 5.52 Å². The fraction of sp³-hybridized carbons (Fsp3) is 0.192. The third-order valence-electron chi connectivity index (χ3n) is 5.87. The highest BCUT2D eigenvalue weighted by Gasteiger charge is 2.26. The zero-order chi connectivity index (χ0) is 25.7. The Hall–Kier alpha value is -4.18. The number of rotatable bonds is 6. The molecule has 0 aliphatic heterocycles. The minimum atomic E-state index is -3.90. The van der Waals surface area contributed by atoms with Crippen molar-refractivity contribution >= 4 is 43.6 Å². The van der Waals surface area contributed by atoms with Gasteiger partial charge in [-0.25, -0.2) is 18.4 Å². The van der Waals surface area contributed by atoms with Crippen LogP contribution >= 0.6 is 0 Å². The molecule has 0 aliphatic rings. The SMILES string of the molecule is COc1cccc(S(=O)(=O)Nc2cc(-c3cnc4[nH]cc(C(=O)C(C)(C)C)c4n3)cc3[nH]ccc23)c1. The molecule has 3 aromatic heterocycles. The molecule has 0 atom stereocenters. The summed E-state index contributed by atoms with van der Waals surface area (Å²) in [6.07, 6.45) is 4.96. The topological polar surface area (TPSA) is 130 Å². The monoisotopic (exact) mass is 503 g/mol. The van der Waals surface area contributed by atoms with Crippen LogP contribution in [0.2, 0.25) is 0 Å². The Bertz CT molecular complexity index is 1730. The lowest BCUT2D eigenvalue weighted by molar-refractivity contribution is 0.0860. The maximum absolute atomic E-state index is 13.2. The minimum absolute atomic E-state index is 0.0493. The van der Waals surface area contributed by atoms with Crippen LogP contribution < -0.4 is 9.46 Å². The molecule has 0 fully saturated rings. The van der Waals surface area contributed by atoms with E-state index < -0.39 is 15.4 Å². The molecule has 5 rings (SSSR count). The van der Waals surface area contributed by atoms with E-state index >= 15 is 0 Å². The first-order valence-corrected chi connectivity index (χ1v) is 12.7. The van der Waals surface area contributed by atoms with E-state index in [9.17, 15) is 13.2 Å². The molecular formula is C26H25N5O4S. The molecule has 0 saturated carbocycles. The molecule has 0 radical (unpaired) electrons. The van der Waals surface area contributed by atoms with E-state index in [4.69, 9.17) is 9.72 Å². The van der Waals surface area contributed by atoms with E-state index in [2.05, 4.69) is 19.7 Å². The van der Waals surface area contributed by atoms with Crippen LogP contribution in [0.3, 0.4) is 0 Å². The van der Waals surface area contributed by atoms with Gasteiger partial charge < -0.3 is 14.7 Å². The first-order valence-electron chi connectivity index (χ1n) is 11.2. The van der Waals surface area contributed by atoms with Gasteiger partial charge in [-0.3, -0.25) is 9.52 Å². The van der Waals surface area contributed by atoms with Crippen LogP contribution in [0, 0.1) is 5.41 Å². The van der Waals surface area contributed by atoms with Gasteiger partial charge >= 0.3 is 0 Å². The largest absolute Gasteiger partial charge is 0.497 e. The normalized spacial score (nSPS) is 12.2. The molecule has 5 aromatic rings. The molecule has 0 spiro atoms. The molecule has 36 heavy (non-hydrogen) atoms. The molecule has 9 nitrogen and oxygen atoms in total. The Kier molecular flexibility index (Phi) is 5.55. The summed E-state index contributed by atoms with van der Waals surface area (Å²) in [5.41, 5.74) is 3.10. The van der Waals surface area contributed by atoms with Gasteiger partial charge in [-0.2, -0.15) is 0 Å². The van der Waals surface area contributed by atoms with Crippen molar-refractivity contribution in [2.24, 2.45) is 5.41 Å². The Labute approximate surface area is 208 Å². The zero-order valence-electron chi connectivity index (χ0n) is 20.2. The zero-order valence-corrected chi connectivity index (χ0v) is 21.0. The summed E-state index contributed by atoms with van der Waals surface area (Å²) in [5.74, 6) is 0.390. The molecular weight excluding hydrogens is 478 g/mol.